The van der Waals surface area contributed by atoms with Gasteiger partial charge in [0.2, 0.25) is 12.2 Å². The number of carboxylic acids is 2. The third-order valence-corrected chi connectivity index (χ3v) is 10.4. The summed E-state index contributed by atoms with van der Waals surface area (Å²) >= 11 is 0. The van der Waals surface area contributed by atoms with Crippen LogP contribution in [0.4, 0.5) is 0 Å². The first-order valence-corrected chi connectivity index (χ1v) is 16.0. The molecular weight excluding hydrogens is 660 g/mol. The van der Waals surface area contributed by atoms with Gasteiger partial charge in [0.05, 0.1) is 24.5 Å². The first-order chi connectivity index (χ1) is 23.7. The number of methoxy groups -OCH3 is 1. The van der Waals surface area contributed by atoms with Crippen LogP contribution in [0.1, 0.15) is 55.4 Å². The Bertz CT molecular complexity index is 1750. The molecule has 1 aliphatic heterocycles. The first kappa shape index (κ1) is 34.9. The second-order valence-corrected chi connectivity index (χ2v) is 13.1. The minimum absolute atomic E-state index is 0.0393. The molecule has 4 aliphatic rings. The van der Waals surface area contributed by atoms with Gasteiger partial charge < -0.3 is 49.2 Å². The van der Waals surface area contributed by atoms with Gasteiger partial charge in [0, 0.05) is 11.1 Å². The predicted molar refractivity (Wildman–Crippen MR) is 165 cm³/mol. The Labute approximate surface area is 285 Å². The van der Waals surface area contributed by atoms with Crippen LogP contribution < -0.4 is 9.47 Å². The molecule has 1 heterocycles. The van der Waals surface area contributed by atoms with Gasteiger partial charge in [-0.3, -0.25) is 4.79 Å². The third-order valence-electron chi connectivity index (χ3n) is 10.4. The van der Waals surface area contributed by atoms with Crippen molar-refractivity contribution >= 4 is 29.8 Å². The molecule has 2 aromatic carbocycles. The van der Waals surface area contributed by atoms with E-state index >= 15 is 0 Å². The van der Waals surface area contributed by atoms with Crippen molar-refractivity contribution in [3.63, 3.8) is 0 Å². The minimum Gasteiger partial charge on any atom is -0.493 e. The number of carbonyl (C=O) groups excluding carboxylic acids is 3. The van der Waals surface area contributed by atoms with Crippen molar-refractivity contribution in [2.75, 3.05) is 7.11 Å². The Kier molecular flexibility index (Phi) is 9.09. The topological polar surface area (TPSA) is 233 Å². The van der Waals surface area contributed by atoms with E-state index in [1.807, 2.05) is 6.07 Å². The Hall–Kier alpha value is -4.99. The van der Waals surface area contributed by atoms with Gasteiger partial charge in [-0.2, -0.15) is 0 Å². The summed E-state index contributed by atoms with van der Waals surface area (Å²) in [6.45, 7) is 2.09. The smallest absolute Gasteiger partial charge is 0.353 e. The molecule has 1 unspecified atom stereocenters. The molecular formula is C35H36O15. The highest BCUT2D eigenvalue weighted by Gasteiger charge is 2.72. The molecule has 2 aromatic rings. The lowest BCUT2D eigenvalue weighted by Gasteiger charge is -2.61. The van der Waals surface area contributed by atoms with Gasteiger partial charge in [0.15, 0.2) is 29.8 Å². The van der Waals surface area contributed by atoms with E-state index in [1.54, 1.807) is 12.1 Å². The fraction of sp³-hybridized carbons (Fsp3) is 0.457. The lowest BCUT2D eigenvalue weighted by molar-refractivity contribution is -0.188. The number of esters is 3. The summed E-state index contributed by atoms with van der Waals surface area (Å²) in [6.07, 6.45) is -7.92. The normalized spacial score (nSPS) is 27.9. The second-order valence-electron chi connectivity index (χ2n) is 13.1. The van der Waals surface area contributed by atoms with Crippen molar-refractivity contribution in [1.29, 1.82) is 0 Å². The molecule has 266 valence electrons. The van der Waals surface area contributed by atoms with Crippen molar-refractivity contribution in [3.05, 3.63) is 71.0 Å². The molecule has 2 bridgehead atoms. The lowest BCUT2D eigenvalue weighted by atomic mass is 9.45. The molecule has 0 radical (unpaired) electrons. The molecule has 0 saturated heterocycles. The van der Waals surface area contributed by atoms with E-state index < -0.39 is 77.8 Å². The molecule has 1 saturated carbocycles. The summed E-state index contributed by atoms with van der Waals surface area (Å²) in [5, 5.41) is 52.1. The predicted octanol–water partition coefficient (Wildman–Crippen LogP) is 1.34. The average molecular weight is 697 g/mol. The standard InChI is InChI=1S/C35H36O15/c1-16-10-12-34-24-18-8-9-20(46-2)28(24)49-29(34)21(11-13-35(34,45)19(16)14-18)47-31(42)25(38)26(39)32(43)50-27(17-6-4-3-5-7-17)33(44)48-22(30(40)41)15-23(36)37/h3-9,11,16,19,22,25-27,29,38-39,45H,10,12-15H2,1-2H3,(H,36,37)(H,40,41)/t16?,19-,22-,25+,26+,27-,29-,34-,35+/m0/s1. The first-order valence-electron chi connectivity index (χ1n) is 16.0. The highest BCUT2D eigenvalue weighted by atomic mass is 16.6. The Morgan fingerprint density at radius 2 is 1.66 bits per heavy atom. The molecule has 0 aromatic heterocycles. The fourth-order valence-corrected chi connectivity index (χ4v) is 8.00. The van der Waals surface area contributed by atoms with E-state index in [2.05, 4.69) is 6.92 Å². The van der Waals surface area contributed by atoms with Gasteiger partial charge in [0.25, 0.3) is 0 Å². The van der Waals surface area contributed by atoms with Gasteiger partial charge in [-0.05, 0) is 55.2 Å². The Balaban J connectivity index is 1.21. The SMILES string of the molecule is COc1ccc2c3c1O[C@H]1C(OC(=O)[C@H](O)[C@@H](O)C(=O)O[C@H](C(=O)O[C@@H](CC(=O)O)C(=O)O)c4ccccc4)=CC[C@@]4(O)[C@@H](C2)C(C)CC[C@]314. The van der Waals surface area contributed by atoms with Crippen molar-refractivity contribution < 1.29 is 73.2 Å². The quantitative estimate of drug-likeness (QED) is 0.156. The number of aliphatic carboxylic acids is 2. The molecule has 1 fully saturated rings. The summed E-state index contributed by atoms with van der Waals surface area (Å²) in [7, 11) is 1.48. The summed E-state index contributed by atoms with van der Waals surface area (Å²) < 4.78 is 27.4. The fourth-order valence-electron chi connectivity index (χ4n) is 8.00. The molecule has 15 nitrogen and oxygen atoms in total. The van der Waals surface area contributed by atoms with E-state index in [9.17, 15) is 44.4 Å². The highest BCUT2D eigenvalue weighted by Crippen LogP contribution is 2.68. The summed E-state index contributed by atoms with van der Waals surface area (Å²) in [5.41, 5.74) is -0.533. The van der Waals surface area contributed by atoms with E-state index in [0.29, 0.717) is 24.3 Å². The molecule has 5 N–H and O–H groups in total. The lowest BCUT2D eigenvalue weighted by Crippen LogP contribution is -2.69. The molecule has 1 spiro atoms. The molecule has 3 aliphatic carbocycles. The zero-order valence-electron chi connectivity index (χ0n) is 27.0. The van der Waals surface area contributed by atoms with Crippen LogP contribution in [0.15, 0.2) is 54.3 Å². The van der Waals surface area contributed by atoms with Crippen LogP contribution in [0, 0.1) is 11.8 Å². The maximum Gasteiger partial charge on any atom is 0.353 e. The van der Waals surface area contributed by atoms with Crippen LogP contribution in [0.2, 0.25) is 0 Å². The third kappa shape index (κ3) is 5.54. The van der Waals surface area contributed by atoms with Crippen LogP contribution in [-0.4, -0.2) is 92.5 Å². The van der Waals surface area contributed by atoms with Crippen LogP contribution in [0.3, 0.4) is 0 Å². The average Bonchev–Trinajstić information content (AvgIpc) is 3.45. The maximum atomic E-state index is 13.3. The van der Waals surface area contributed by atoms with Crippen LogP contribution in [0.25, 0.3) is 0 Å². The van der Waals surface area contributed by atoms with E-state index in [-0.39, 0.29) is 29.6 Å². The second kappa shape index (κ2) is 13.0. The maximum absolute atomic E-state index is 13.3. The number of carboxylic acid groups (broad SMARTS) is 2. The minimum atomic E-state index is -2.60. The van der Waals surface area contributed by atoms with Gasteiger partial charge in [-0.15, -0.1) is 0 Å². The van der Waals surface area contributed by atoms with E-state index in [0.717, 1.165) is 17.5 Å². The number of rotatable bonds is 12. The van der Waals surface area contributed by atoms with Crippen molar-refractivity contribution in [3.8, 4) is 11.5 Å². The largest absolute Gasteiger partial charge is 0.493 e. The monoisotopic (exact) mass is 696 g/mol. The van der Waals surface area contributed by atoms with Crippen LogP contribution >= 0.6 is 0 Å². The number of hydrogen-bond acceptors (Lipinski definition) is 13. The van der Waals surface area contributed by atoms with E-state index in [4.69, 9.17) is 28.8 Å². The molecule has 15 heteroatoms. The summed E-state index contributed by atoms with van der Waals surface area (Å²) in [6, 6.07) is 10.8. The Morgan fingerprint density at radius 1 is 0.960 bits per heavy atom. The number of benzene rings is 2. The highest BCUT2D eigenvalue weighted by molar-refractivity contribution is 5.89. The Morgan fingerprint density at radius 3 is 2.32 bits per heavy atom. The van der Waals surface area contributed by atoms with Crippen molar-refractivity contribution in [2.45, 2.75) is 80.6 Å². The molecule has 50 heavy (non-hydrogen) atoms. The van der Waals surface area contributed by atoms with Crippen LogP contribution in [-0.2, 0) is 50.0 Å². The molecule has 0 amide bonds. The van der Waals surface area contributed by atoms with Crippen molar-refractivity contribution in [2.24, 2.45) is 11.8 Å². The number of carbonyl (C=O) groups is 5. The van der Waals surface area contributed by atoms with Crippen molar-refractivity contribution in [1.82, 2.24) is 0 Å². The molecule has 9 atom stereocenters. The summed E-state index contributed by atoms with van der Waals surface area (Å²) in [4.78, 5) is 61.8. The van der Waals surface area contributed by atoms with Gasteiger partial charge in [-0.25, -0.2) is 19.2 Å². The van der Waals surface area contributed by atoms with E-state index in [1.165, 1.54) is 37.5 Å². The number of hydrogen-bond donors (Lipinski definition) is 5. The zero-order chi connectivity index (χ0) is 36.1. The van der Waals surface area contributed by atoms with Crippen LogP contribution in [0.5, 0.6) is 11.5 Å². The summed E-state index contributed by atoms with van der Waals surface area (Å²) in [5.74, 6) is -7.10. The van der Waals surface area contributed by atoms with Gasteiger partial charge >= 0.3 is 29.8 Å². The number of aliphatic hydroxyl groups is 3. The number of aliphatic hydroxyl groups excluding tert-OH is 2. The van der Waals surface area contributed by atoms with Gasteiger partial charge in [0.1, 0.15) is 5.76 Å². The molecule has 6 rings (SSSR count). The van der Waals surface area contributed by atoms with Gasteiger partial charge in [-0.1, -0.05) is 43.3 Å². The number of ether oxygens (including phenoxy) is 5. The zero-order valence-corrected chi connectivity index (χ0v) is 27.0.